The van der Waals surface area contributed by atoms with Crippen molar-refractivity contribution in [1.82, 2.24) is 4.98 Å². The van der Waals surface area contributed by atoms with Crippen molar-refractivity contribution >= 4 is 5.97 Å². The fourth-order valence-corrected chi connectivity index (χ4v) is 6.80. The summed E-state index contributed by atoms with van der Waals surface area (Å²) in [5.41, 5.74) is 3.13. The first-order valence-corrected chi connectivity index (χ1v) is 13.5. The lowest BCUT2D eigenvalue weighted by atomic mass is 9.74. The van der Waals surface area contributed by atoms with E-state index >= 15 is 0 Å². The Morgan fingerprint density at radius 2 is 1.87 bits per heavy atom. The van der Waals surface area contributed by atoms with Crippen molar-refractivity contribution in [3.8, 4) is 0 Å². The molecule has 4 heterocycles. The van der Waals surface area contributed by atoms with E-state index in [2.05, 4.69) is 0 Å². The van der Waals surface area contributed by atoms with Crippen LogP contribution in [0.3, 0.4) is 0 Å². The van der Waals surface area contributed by atoms with Gasteiger partial charge in [-0.1, -0.05) is 12.1 Å². The van der Waals surface area contributed by atoms with Crippen LogP contribution in [0.4, 0.5) is 13.2 Å². The van der Waals surface area contributed by atoms with Crippen LogP contribution >= 0.6 is 0 Å². The van der Waals surface area contributed by atoms with Gasteiger partial charge in [0, 0.05) is 44.7 Å². The zero-order valence-electron chi connectivity index (χ0n) is 21.4. The normalized spacial score (nSPS) is 29.6. The molecule has 0 radical (unpaired) electrons. The summed E-state index contributed by atoms with van der Waals surface area (Å²) in [5, 5.41) is 0. The highest BCUT2D eigenvalue weighted by molar-refractivity contribution is 5.66. The summed E-state index contributed by atoms with van der Waals surface area (Å²) < 4.78 is 64.2. The highest BCUT2D eigenvalue weighted by atomic mass is 19.4. The largest absolute Gasteiger partial charge is 0.456 e. The van der Waals surface area contributed by atoms with Crippen molar-refractivity contribution in [2.24, 2.45) is 5.92 Å². The highest BCUT2D eigenvalue weighted by Gasteiger charge is 2.52. The second-order valence-corrected chi connectivity index (χ2v) is 10.9. The number of carbonyl (C=O) groups excluding carboxylic acids is 1. The number of halogens is 3. The van der Waals surface area contributed by atoms with Gasteiger partial charge in [0.05, 0.1) is 29.6 Å². The standard InChI is InChI=1S/C29H32F3NO5/c1-17(34)37-23-4-2-3-21-25-22(16-33-26(21)23)27(19-5-7-20(8-6-19)29(30,31)32)38-28(25)11-14-36-24(15-28)18-9-12-35-13-10-18/h5-8,16,18,23-24,27H,2-4,9-15H2,1H3. The van der Waals surface area contributed by atoms with E-state index in [0.29, 0.717) is 50.6 Å². The van der Waals surface area contributed by atoms with Gasteiger partial charge in [-0.05, 0) is 66.8 Å². The third-order valence-corrected chi connectivity index (χ3v) is 8.53. The summed E-state index contributed by atoms with van der Waals surface area (Å²) in [6, 6.07) is 5.24. The van der Waals surface area contributed by atoms with Crippen LogP contribution in [0.15, 0.2) is 30.5 Å². The summed E-state index contributed by atoms with van der Waals surface area (Å²) >= 11 is 0. The summed E-state index contributed by atoms with van der Waals surface area (Å²) in [4.78, 5) is 16.6. The number of aromatic nitrogens is 1. The molecule has 4 atom stereocenters. The lowest BCUT2D eigenvalue weighted by molar-refractivity contribution is -0.166. The first kappa shape index (κ1) is 25.8. The molecular weight excluding hydrogens is 499 g/mol. The van der Waals surface area contributed by atoms with Crippen LogP contribution < -0.4 is 0 Å². The second-order valence-electron chi connectivity index (χ2n) is 10.9. The average Bonchev–Trinajstić information content (AvgIpc) is 3.22. The average molecular weight is 532 g/mol. The summed E-state index contributed by atoms with van der Waals surface area (Å²) in [5.74, 6) is 0.0222. The number of hydrogen-bond acceptors (Lipinski definition) is 6. The van der Waals surface area contributed by atoms with E-state index in [0.717, 1.165) is 60.2 Å². The van der Waals surface area contributed by atoms with E-state index in [1.807, 2.05) is 0 Å². The second kappa shape index (κ2) is 9.92. The van der Waals surface area contributed by atoms with E-state index in [1.54, 1.807) is 6.20 Å². The molecule has 1 aromatic heterocycles. The molecule has 0 N–H and O–H groups in total. The molecule has 9 heteroatoms. The van der Waals surface area contributed by atoms with Crippen LogP contribution in [0.1, 0.15) is 91.2 Å². The fraction of sp³-hybridized carbons (Fsp3) is 0.586. The molecule has 204 valence electrons. The zero-order valence-corrected chi connectivity index (χ0v) is 21.4. The Labute approximate surface area is 219 Å². The first-order chi connectivity index (χ1) is 18.2. The smallest absolute Gasteiger partial charge is 0.416 e. The van der Waals surface area contributed by atoms with Crippen LogP contribution in [0, 0.1) is 5.92 Å². The molecular formula is C29H32F3NO5. The SMILES string of the molecule is CC(=O)OC1CCCc2c1ncc1c2C2(CCOC(C3CCOCC3)C2)OC1c1ccc(C(F)(F)F)cc1. The summed E-state index contributed by atoms with van der Waals surface area (Å²) in [6.07, 6.45) is 1.96. The molecule has 1 spiro atoms. The van der Waals surface area contributed by atoms with Crippen molar-refractivity contribution < 1.29 is 36.9 Å². The molecule has 2 saturated heterocycles. The Kier molecular flexibility index (Phi) is 6.73. The van der Waals surface area contributed by atoms with Gasteiger partial charge in [-0.2, -0.15) is 13.2 Å². The fourth-order valence-electron chi connectivity index (χ4n) is 6.80. The zero-order chi connectivity index (χ0) is 26.5. The van der Waals surface area contributed by atoms with Crippen LogP contribution in [0.5, 0.6) is 0 Å². The Morgan fingerprint density at radius 3 is 2.58 bits per heavy atom. The maximum Gasteiger partial charge on any atom is 0.416 e. The van der Waals surface area contributed by atoms with E-state index < -0.39 is 29.5 Å². The molecule has 2 aromatic rings. The predicted octanol–water partition coefficient (Wildman–Crippen LogP) is 5.96. The third kappa shape index (κ3) is 4.62. The monoisotopic (exact) mass is 531 g/mol. The number of nitrogens with zero attached hydrogens (tertiary/aromatic N) is 1. The minimum absolute atomic E-state index is 0.00327. The van der Waals surface area contributed by atoms with Crippen molar-refractivity contribution in [1.29, 1.82) is 0 Å². The maximum atomic E-state index is 13.3. The molecule has 0 bridgehead atoms. The molecule has 4 unspecified atom stereocenters. The minimum atomic E-state index is -4.40. The number of carbonyl (C=O) groups is 1. The minimum Gasteiger partial charge on any atom is -0.456 e. The van der Waals surface area contributed by atoms with Crippen molar-refractivity contribution in [3.05, 3.63) is 64.0 Å². The quantitative estimate of drug-likeness (QED) is 0.456. The topological polar surface area (TPSA) is 66.9 Å². The Morgan fingerprint density at radius 1 is 1.11 bits per heavy atom. The predicted molar refractivity (Wildman–Crippen MR) is 130 cm³/mol. The van der Waals surface area contributed by atoms with Crippen molar-refractivity contribution in [2.45, 2.75) is 82.0 Å². The molecule has 4 aliphatic rings. The Hall–Kier alpha value is -2.49. The van der Waals surface area contributed by atoms with Gasteiger partial charge in [-0.25, -0.2) is 0 Å². The van der Waals surface area contributed by atoms with E-state index in [-0.39, 0.29) is 12.1 Å². The molecule has 6 rings (SSSR count). The molecule has 1 aliphatic carbocycles. The van der Waals surface area contributed by atoms with Crippen LogP contribution in [0.2, 0.25) is 0 Å². The van der Waals surface area contributed by atoms with E-state index in [4.69, 9.17) is 23.9 Å². The number of ether oxygens (including phenoxy) is 4. The lowest BCUT2D eigenvalue weighted by Gasteiger charge is -2.43. The van der Waals surface area contributed by atoms with Crippen LogP contribution in [0.25, 0.3) is 0 Å². The third-order valence-electron chi connectivity index (χ3n) is 8.53. The van der Waals surface area contributed by atoms with E-state index in [1.165, 1.54) is 19.1 Å². The van der Waals surface area contributed by atoms with Crippen molar-refractivity contribution in [2.75, 3.05) is 19.8 Å². The van der Waals surface area contributed by atoms with Gasteiger partial charge in [-0.15, -0.1) is 0 Å². The Bertz CT molecular complexity index is 1190. The van der Waals surface area contributed by atoms with Gasteiger partial charge >= 0.3 is 12.1 Å². The molecule has 38 heavy (non-hydrogen) atoms. The van der Waals surface area contributed by atoms with Gasteiger partial charge in [0.1, 0.15) is 12.2 Å². The van der Waals surface area contributed by atoms with Gasteiger partial charge in [0.15, 0.2) is 0 Å². The molecule has 6 nitrogen and oxygen atoms in total. The number of hydrogen-bond donors (Lipinski definition) is 0. The van der Waals surface area contributed by atoms with Crippen LogP contribution in [-0.2, 0) is 41.9 Å². The van der Waals surface area contributed by atoms with Gasteiger partial charge in [0.25, 0.3) is 0 Å². The summed E-state index contributed by atoms with van der Waals surface area (Å²) in [7, 11) is 0. The lowest BCUT2D eigenvalue weighted by Crippen LogP contribution is -2.44. The number of alkyl halides is 3. The van der Waals surface area contributed by atoms with Gasteiger partial charge < -0.3 is 18.9 Å². The summed E-state index contributed by atoms with van der Waals surface area (Å²) in [6.45, 7) is 3.37. The highest BCUT2D eigenvalue weighted by Crippen LogP contribution is 2.56. The number of benzene rings is 1. The molecule has 0 amide bonds. The van der Waals surface area contributed by atoms with Gasteiger partial charge in [-0.3, -0.25) is 9.78 Å². The molecule has 1 aromatic carbocycles. The first-order valence-electron chi connectivity index (χ1n) is 13.5. The number of rotatable bonds is 3. The van der Waals surface area contributed by atoms with Crippen molar-refractivity contribution in [3.63, 3.8) is 0 Å². The molecule has 0 saturated carbocycles. The number of pyridine rings is 1. The number of fused-ring (bicyclic) bond motifs is 4. The van der Waals surface area contributed by atoms with Gasteiger partial charge in [0.2, 0.25) is 0 Å². The van der Waals surface area contributed by atoms with Crippen LogP contribution in [-0.4, -0.2) is 36.9 Å². The number of esters is 1. The molecule has 2 fully saturated rings. The Balaban J connectivity index is 1.43. The van der Waals surface area contributed by atoms with E-state index in [9.17, 15) is 18.0 Å². The molecule has 3 aliphatic heterocycles. The maximum absolute atomic E-state index is 13.3.